The number of benzene rings is 2. The summed E-state index contributed by atoms with van der Waals surface area (Å²) in [5.74, 6) is -0.196. The van der Waals surface area contributed by atoms with Crippen LogP contribution in [0.1, 0.15) is 26.3 Å². The van der Waals surface area contributed by atoms with E-state index in [1.807, 2.05) is 42.5 Å². The Labute approximate surface area is 208 Å². The number of aliphatic carboxylic acids is 1. The number of nitrogens with zero attached hydrogens (tertiary/aromatic N) is 2. The molecule has 2 heterocycles. The molecule has 4 aromatic rings. The van der Waals surface area contributed by atoms with Crippen molar-refractivity contribution in [1.29, 1.82) is 0 Å². The smallest absolute Gasteiger partial charge is 0.408 e. The van der Waals surface area contributed by atoms with Gasteiger partial charge in [-0.1, -0.05) is 42.5 Å². The van der Waals surface area contributed by atoms with E-state index >= 15 is 0 Å². The quantitative estimate of drug-likeness (QED) is 0.350. The van der Waals surface area contributed by atoms with Gasteiger partial charge in [-0.2, -0.15) is 0 Å². The van der Waals surface area contributed by atoms with Crippen molar-refractivity contribution < 1.29 is 24.2 Å². The molecular formula is C28H27N3O5. The van der Waals surface area contributed by atoms with Crippen molar-refractivity contribution >= 4 is 22.8 Å². The molecule has 0 aliphatic heterocycles. The van der Waals surface area contributed by atoms with Gasteiger partial charge in [-0.25, -0.2) is 14.6 Å². The summed E-state index contributed by atoms with van der Waals surface area (Å²) in [6, 6.07) is 19.6. The second-order valence-electron chi connectivity index (χ2n) is 9.26. The predicted molar refractivity (Wildman–Crippen MR) is 136 cm³/mol. The monoisotopic (exact) mass is 485 g/mol. The van der Waals surface area contributed by atoms with Crippen molar-refractivity contribution in [3.8, 4) is 22.9 Å². The number of carbonyl (C=O) groups is 2. The molecule has 184 valence electrons. The number of hydrogen-bond donors (Lipinski definition) is 2. The maximum Gasteiger partial charge on any atom is 0.408 e. The average molecular weight is 486 g/mol. The van der Waals surface area contributed by atoms with Crippen LogP contribution in [0.25, 0.3) is 22.0 Å². The Bertz CT molecular complexity index is 1370. The van der Waals surface area contributed by atoms with Gasteiger partial charge >= 0.3 is 12.1 Å². The van der Waals surface area contributed by atoms with Crippen LogP contribution in [0.3, 0.4) is 0 Å². The summed E-state index contributed by atoms with van der Waals surface area (Å²) in [5, 5.41) is 13.7. The molecule has 0 spiro atoms. The maximum absolute atomic E-state index is 12.0. The maximum atomic E-state index is 12.0. The molecule has 1 amide bonds. The first-order valence-electron chi connectivity index (χ1n) is 11.5. The van der Waals surface area contributed by atoms with Crippen molar-refractivity contribution in [2.45, 2.75) is 38.8 Å². The molecular weight excluding hydrogens is 458 g/mol. The molecule has 2 aromatic heterocycles. The zero-order chi connectivity index (χ0) is 25.7. The fourth-order valence-corrected chi connectivity index (χ4v) is 3.58. The minimum absolute atomic E-state index is 0.0868. The number of ether oxygens (including phenoxy) is 2. The van der Waals surface area contributed by atoms with E-state index < -0.39 is 23.7 Å². The number of hydrogen-bond acceptors (Lipinski definition) is 6. The highest BCUT2D eigenvalue weighted by Gasteiger charge is 2.24. The van der Waals surface area contributed by atoms with Crippen LogP contribution in [-0.2, 0) is 16.0 Å². The number of carbonyl (C=O) groups excluding carboxylic acids is 1. The highest BCUT2D eigenvalue weighted by atomic mass is 16.6. The minimum atomic E-state index is -1.15. The zero-order valence-corrected chi connectivity index (χ0v) is 20.3. The van der Waals surface area contributed by atoms with Gasteiger partial charge in [0.15, 0.2) is 0 Å². The van der Waals surface area contributed by atoms with E-state index in [-0.39, 0.29) is 6.42 Å². The van der Waals surface area contributed by atoms with E-state index in [4.69, 9.17) is 14.5 Å². The van der Waals surface area contributed by atoms with Gasteiger partial charge in [0.1, 0.15) is 17.4 Å². The summed E-state index contributed by atoms with van der Waals surface area (Å²) in [4.78, 5) is 32.6. The Morgan fingerprint density at radius 3 is 2.42 bits per heavy atom. The van der Waals surface area contributed by atoms with Crippen LogP contribution in [0.5, 0.6) is 11.6 Å². The van der Waals surface area contributed by atoms with E-state index in [0.717, 1.165) is 22.0 Å². The topological polar surface area (TPSA) is 111 Å². The molecule has 0 aliphatic carbocycles. The van der Waals surface area contributed by atoms with Crippen LogP contribution in [0.15, 0.2) is 79.1 Å². The Balaban J connectivity index is 1.53. The van der Waals surface area contributed by atoms with Crippen LogP contribution in [0, 0.1) is 0 Å². The Morgan fingerprint density at radius 2 is 1.75 bits per heavy atom. The number of carboxylic acids is 1. The van der Waals surface area contributed by atoms with Gasteiger partial charge in [-0.05, 0) is 56.0 Å². The Hall–Kier alpha value is -4.46. The molecule has 8 heteroatoms. The van der Waals surface area contributed by atoms with Crippen LogP contribution in [-0.4, -0.2) is 38.8 Å². The van der Waals surface area contributed by atoms with Crippen LogP contribution >= 0.6 is 0 Å². The van der Waals surface area contributed by atoms with Gasteiger partial charge in [0.05, 0.1) is 11.1 Å². The van der Waals surface area contributed by atoms with E-state index in [9.17, 15) is 14.7 Å². The lowest BCUT2D eigenvalue weighted by molar-refractivity contribution is -0.139. The van der Waals surface area contributed by atoms with Gasteiger partial charge < -0.3 is 19.9 Å². The van der Waals surface area contributed by atoms with Crippen molar-refractivity contribution in [2.24, 2.45) is 0 Å². The summed E-state index contributed by atoms with van der Waals surface area (Å²) in [7, 11) is 0. The summed E-state index contributed by atoms with van der Waals surface area (Å²) in [6.45, 7) is 5.14. The SMILES string of the molecule is CC(C)(C)OC(=O)N[C@@H](Cc1ccc(Oc2nc(-c3ccccc3)cc3ccncc23)cc1)C(=O)O. The number of amides is 1. The number of rotatable bonds is 7. The summed E-state index contributed by atoms with van der Waals surface area (Å²) >= 11 is 0. The molecule has 0 unspecified atom stereocenters. The average Bonchev–Trinajstić information content (AvgIpc) is 2.84. The van der Waals surface area contributed by atoms with Crippen molar-refractivity contribution in [3.05, 3.63) is 84.7 Å². The molecule has 4 rings (SSSR count). The highest BCUT2D eigenvalue weighted by Crippen LogP contribution is 2.31. The van der Waals surface area contributed by atoms with Gasteiger partial charge in [0.25, 0.3) is 0 Å². The molecule has 0 saturated carbocycles. The fourth-order valence-electron chi connectivity index (χ4n) is 3.58. The van der Waals surface area contributed by atoms with Crippen LogP contribution < -0.4 is 10.1 Å². The largest absolute Gasteiger partial charge is 0.480 e. The molecule has 0 radical (unpaired) electrons. The molecule has 1 atom stereocenters. The lowest BCUT2D eigenvalue weighted by Crippen LogP contribution is -2.44. The number of alkyl carbamates (subject to hydrolysis) is 1. The van der Waals surface area contributed by atoms with E-state index in [2.05, 4.69) is 10.3 Å². The lowest BCUT2D eigenvalue weighted by atomic mass is 10.1. The number of pyridine rings is 2. The zero-order valence-electron chi connectivity index (χ0n) is 20.3. The third-order valence-electron chi connectivity index (χ3n) is 5.24. The second kappa shape index (κ2) is 10.4. The molecule has 0 bridgehead atoms. The second-order valence-corrected chi connectivity index (χ2v) is 9.26. The van der Waals surface area contributed by atoms with Gasteiger partial charge in [0.2, 0.25) is 5.88 Å². The minimum Gasteiger partial charge on any atom is -0.480 e. The normalized spacial score (nSPS) is 12.1. The first-order valence-corrected chi connectivity index (χ1v) is 11.5. The predicted octanol–water partition coefficient (Wildman–Crippen LogP) is 5.61. The standard InChI is InChI=1S/C28H27N3O5/c1-28(2,3)36-27(34)31-24(26(32)33)15-18-9-11-21(12-10-18)35-25-22-17-29-14-13-20(22)16-23(30-25)19-7-5-4-6-8-19/h4-14,16-17,24H,15H2,1-3H3,(H,31,34)(H,32,33)/t24-/m0/s1. The van der Waals surface area contributed by atoms with E-state index in [0.29, 0.717) is 17.2 Å². The summed E-state index contributed by atoms with van der Waals surface area (Å²) in [5.41, 5.74) is 1.73. The van der Waals surface area contributed by atoms with Gasteiger partial charge in [-0.15, -0.1) is 0 Å². The Morgan fingerprint density at radius 1 is 1.03 bits per heavy atom. The molecule has 0 saturated heterocycles. The molecule has 36 heavy (non-hydrogen) atoms. The van der Waals surface area contributed by atoms with Gasteiger partial charge in [-0.3, -0.25) is 4.98 Å². The fraction of sp³-hybridized carbons (Fsp3) is 0.214. The van der Waals surface area contributed by atoms with Crippen LogP contribution in [0.4, 0.5) is 4.79 Å². The number of carboxylic acid groups (broad SMARTS) is 1. The first-order chi connectivity index (χ1) is 17.2. The van der Waals surface area contributed by atoms with Crippen LogP contribution in [0.2, 0.25) is 0 Å². The van der Waals surface area contributed by atoms with E-state index in [1.54, 1.807) is 57.4 Å². The van der Waals surface area contributed by atoms with Crippen molar-refractivity contribution in [1.82, 2.24) is 15.3 Å². The Kier molecular flexibility index (Phi) is 7.15. The molecule has 2 aromatic carbocycles. The first kappa shape index (κ1) is 24.7. The number of fused-ring (bicyclic) bond motifs is 1. The molecule has 0 aliphatic rings. The molecule has 8 nitrogen and oxygen atoms in total. The lowest BCUT2D eigenvalue weighted by Gasteiger charge is -2.22. The van der Waals surface area contributed by atoms with Crippen molar-refractivity contribution in [3.63, 3.8) is 0 Å². The summed E-state index contributed by atoms with van der Waals surface area (Å²) in [6.07, 6.45) is 2.74. The van der Waals surface area contributed by atoms with Gasteiger partial charge in [0, 0.05) is 24.4 Å². The third kappa shape index (κ3) is 6.35. The molecule has 2 N–H and O–H groups in total. The van der Waals surface area contributed by atoms with Crippen molar-refractivity contribution in [2.75, 3.05) is 0 Å². The molecule has 0 fully saturated rings. The van der Waals surface area contributed by atoms with E-state index in [1.165, 1.54) is 0 Å². The number of aromatic nitrogens is 2. The highest BCUT2D eigenvalue weighted by molar-refractivity contribution is 5.89. The summed E-state index contributed by atoms with van der Waals surface area (Å²) < 4.78 is 11.3. The third-order valence-corrected chi connectivity index (χ3v) is 5.24. The number of nitrogens with one attached hydrogen (secondary N) is 1.